The van der Waals surface area contributed by atoms with Crippen molar-refractivity contribution in [2.45, 2.75) is 19.8 Å². The highest BCUT2D eigenvalue weighted by atomic mass is 19.1. The molecule has 2 amide bonds. The Kier molecular flexibility index (Phi) is 3.17. The minimum Gasteiger partial charge on any atom is -0.448 e. The lowest BCUT2D eigenvalue weighted by molar-refractivity contribution is -0.116. The van der Waals surface area contributed by atoms with Crippen molar-refractivity contribution in [2.24, 2.45) is 0 Å². The molecule has 2 aromatic rings. The number of fused-ring (bicyclic) bond motifs is 1. The average Bonchev–Trinajstić information content (AvgIpc) is 2.86. The smallest absolute Gasteiger partial charge is 0.277 e. The van der Waals surface area contributed by atoms with E-state index in [0.29, 0.717) is 24.3 Å². The van der Waals surface area contributed by atoms with Crippen LogP contribution in [0.3, 0.4) is 0 Å². The first-order chi connectivity index (χ1) is 10.0. The van der Waals surface area contributed by atoms with E-state index in [1.54, 1.807) is 6.92 Å². The number of anilines is 2. The Balaban J connectivity index is 1.88. The first-order valence-corrected chi connectivity index (χ1v) is 6.38. The van der Waals surface area contributed by atoms with Gasteiger partial charge in [0.1, 0.15) is 11.6 Å². The van der Waals surface area contributed by atoms with E-state index < -0.39 is 11.7 Å². The van der Waals surface area contributed by atoms with Crippen LogP contribution >= 0.6 is 0 Å². The molecule has 3 rings (SSSR count). The molecule has 0 bridgehead atoms. The lowest BCUT2D eigenvalue weighted by Crippen LogP contribution is -2.20. The second-order valence-corrected chi connectivity index (χ2v) is 4.75. The molecule has 0 radical (unpaired) electrons. The van der Waals surface area contributed by atoms with Gasteiger partial charge in [-0.2, -0.15) is 0 Å². The summed E-state index contributed by atoms with van der Waals surface area (Å²) in [5.41, 5.74) is 1.39. The maximum absolute atomic E-state index is 14.0. The second kappa shape index (κ2) is 5.01. The molecule has 2 heterocycles. The molecule has 0 unspecified atom stereocenters. The first-order valence-electron chi connectivity index (χ1n) is 6.38. The summed E-state index contributed by atoms with van der Waals surface area (Å²) >= 11 is 0. The maximum atomic E-state index is 14.0. The van der Waals surface area contributed by atoms with Crippen molar-refractivity contribution in [2.75, 3.05) is 10.6 Å². The Morgan fingerprint density at radius 1 is 1.43 bits per heavy atom. The highest BCUT2D eigenvalue weighted by molar-refractivity contribution is 6.04. The van der Waals surface area contributed by atoms with Gasteiger partial charge in [-0.25, -0.2) is 9.37 Å². The number of nitrogens with zero attached hydrogens (tertiary/aromatic N) is 1. The molecule has 0 spiro atoms. The van der Waals surface area contributed by atoms with Crippen LogP contribution in [0.4, 0.5) is 15.8 Å². The second-order valence-electron chi connectivity index (χ2n) is 4.75. The molecule has 0 aliphatic carbocycles. The molecular weight excluding hydrogens is 277 g/mol. The molecule has 108 valence electrons. The van der Waals surface area contributed by atoms with E-state index in [1.807, 2.05) is 0 Å². The quantitative estimate of drug-likeness (QED) is 0.888. The Bertz CT molecular complexity index is 739. The third-order valence-corrected chi connectivity index (χ3v) is 3.30. The fourth-order valence-corrected chi connectivity index (χ4v) is 2.20. The van der Waals surface area contributed by atoms with Gasteiger partial charge in [0, 0.05) is 12.1 Å². The van der Waals surface area contributed by atoms with Crippen LogP contribution in [-0.4, -0.2) is 16.8 Å². The number of amides is 2. The van der Waals surface area contributed by atoms with Crippen molar-refractivity contribution in [3.8, 4) is 0 Å². The van der Waals surface area contributed by atoms with E-state index in [1.165, 1.54) is 12.1 Å². The van der Waals surface area contributed by atoms with Crippen molar-refractivity contribution in [3.05, 3.63) is 41.4 Å². The molecular formula is C14H12FN3O3. The van der Waals surface area contributed by atoms with Gasteiger partial charge in [-0.15, -0.1) is 0 Å². The summed E-state index contributed by atoms with van der Waals surface area (Å²) in [4.78, 5) is 27.0. The largest absolute Gasteiger partial charge is 0.448 e. The number of rotatable bonds is 2. The lowest BCUT2D eigenvalue weighted by Gasteiger charge is -2.18. The molecule has 7 heteroatoms. The number of aryl methyl sites for hydroxylation is 2. The maximum Gasteiger partial charge on any atom is 0.277 e. The topological polar surface area (TPSA) is 84.2 Å². The summed E-state index contributed by atoms with van der Waals surface area (Å²) in [6, 6.07) is 2.73. The molecule has 0 saturated heterocycles. The van der Waals surface area contributed by atoms with Gasteiger partial charge >= 0.3 is 0 Å². The SMILES string of the molecule is Cc1ocnc1C(=O)Nc1cc2c(cc1F)NC(=O)CC2. The fraction of sp³-hybridized carbons (Fsp3) is 0.214. The highest BCUT2D eigenvalue weighted by Crippen LogP contribution is 2.28. The van der Waals surface area contributed by atoms with Gasteiger partial charge in [0.25, 0.3) is 5.91 Å². The molecule has 1 aliphatic heterocycles. The summed E-state index contributed by atoms with van der Waals surface area (Å²) in [6.45, 7) is 1.60. The van der Waals surface area contributed by atoms with Crippen LogP contribution in [0.15, 0.2) is 22.9 Å². The minimum absolute atomic E-state index is 0.0531. The van der Waals surface area contributed by atoms with Gasteiger partial charge in [0.05, 0.1) is 5.69 Å². The van der Waals surface area contributed by atoms with Crippen LogP contribution in [0.1, 0.15) is 28.2 Å². The average molecular weight is 289 g/mol. The summed E-state index contributed by atoms with van der Waals surface area (Å²) in [6.07, 6.45) is 2.00. The Morgan fingerprint density at radius 3 is 2.95 bits per heavy atom. The summed E-state index contributed by atoms with van der Waals surface area (Å²) in [5.74, 6) is -0.944. The Hall–Kier alpha value is -2.70. The number of benzene rings is 1. The summed E-state index contributed by atoms with van der Waals surface area (Å²) < 4.78 is 18.9. The van der Waals surface area contributed by atoms with E-state index in [-0.39, 0.29) is 17.3 Å². The zero-order valence-electron chi connectivity index (χ0n) is 11.2. The number of carbonyl (C=O) groups excluding carboxylic acids is 2. The molecule has 0 fully saturated rings. The number of carbonyl (C=O) groups is 2. The van der Waals surface area contributed by atoms with Crippen molar-refractivity contribution >= 4 is 23.2 Å². The molecule has 6 nitrogen and oxygen atoms in total. The zero-order valence-corrected chi connectivity index (χ0v) is 11.2. The van der Waals surface area contributed by atoms with E-state index in [0.717, 1.165) is 12.0 Å². The number of nitrogens with one attached hydrogen (secondary N) is 2. The van der Waals surface area contributed by atoms with Crippen LogP contribution in [0.5, 0.6) is 0 Å². The van der Waals surface area contributed by atoms with Gasteiger partial charge < -0.3 is 15.1 Å². The molecule has 1 aromatic carbocycles. The van der Waals surface area contributed by atoms with Crippen molar-refractivity contribution in [1.82, 2.24) is 4.98 Å². The first kappa shape index (κ1) is 13.3. The molecule has 0 atom stereocenters. The van der Waals surface area contributed by atoms with Crippen LogP contribution in [0, 0.1) is 12.7 Å². The van der Waals surface area contributed by atoms with Crippen LogP contribution in [-0.2, 0) is 11.2 Å². The van der Waals surface area contributed by atoms with Crippen LogP contribution in [0.2, 0.25) is 0 Å². The number of oxazole rings is 1. The van der Waals surface area contributed by atoms with E-state index in [2.05, 4.69) is 15.6 Å². The van der Waals surface area contributed by atoms with Gasteiger partial charge in [-0.1, -0.05) is 0 Å². The van der Waals surface area contributed by atoms with E-state index in [9.17, 15) is 14.0 Å². The van der Waals surface area contributed by atoms with Gasteiger partial charge in [-0.05, 0) is 31.0 Å². The monoisotopic (exact) mass is 289 g/mol. The van der Waals surface area contributed by atoms with E-state index in [4.69, 9.17) is 4.42 Å². The summed E-state index contributed by atoms with van der Waals surface area (Å²) in [7, 11) is 0. The standard InChI is InChI=1S/C14H12FN3O3/c1-7-13(16-6-21-7)14(20)18-11-4-8-2-3-12(19)17-10(8)5-9(11)15/h4-6H,2-3H2,1H3,(H,17,19)(H,18,20). The minimum atomic E-state index is -0.620. The predicted molar refractivity (Wildman–Crippen MR) is 72.5 cm³/mol. The van der Waals surface area contributed by atoms with Crippen LogP contribution in [0.25, 0.3) is 0 Å². The van der Waals surface area contributed by atoms with Crippen molar-refractivity contribution in [1.29, 1.82) is 0 Å². The molecule has 21 heavy (non-hydrogen) atoms. The van der Waals surface area contributed by atoms with Gasteiger partial charge in [-0.3, -0.25) is 9.59 Å². The highest BCUT2D eigenvalue weighted by Gasteiger charge is 2.20. The number of hydrogen-bond donors (Lipinski definition) is 2. The van der Waals surface area contributed by atoms with Gasteiger partial charge in [0.15, 0.2) is 12.1 Å². The number of aromatic nitrogens is 1. The normalized spacial score (nSPS) is 13.5. The zero-order chi connectivity index (χ0) is 15.0. The molecule has 0 saturated carbocycles. The third-order valence-electron chi connectivity index (χ3n) is 3.30. The molecule has 1 aliphatic rings. The Labute approximate surface area is 119 Å². The lowest BCUT2D eigenvalue weighted by atomic mass is 10.0. The molecule has 2 N–H and O–H groups in total. The number of halogens is 1. The molecule has 1 aromatic heterocycles. The third kappa shape index (κ3) is 2.49. The summed E-state index contributed by atoms with van der Waals surface area (Å²) in [5, 5.41) is 5.06. The van der Waals surface area contributed by atoms with E-state index >= 15 is 0 Å². The van der Waals surface area contributed by atoms with Crippen molar-refractivity contribution < 1.29 is 18.4 Å². The number of hydrogen-bond acceptors (Lipinski definition) is 4. The fourth-order valence-electron chi connectivity index (χ4n) is 2.20. The Morgan fingerprint density at radius 2 is 2.24 bits per heavy atom. The van der Waals surface area contributed by atoms with Gasteiger partial charge in [0.2, 0.25) is 5.91 Å². The van der Waals surface area contributed by atoms with Crippen molar-refractivity contribution in [3.63, 3.8) is 0 Å². The van der Waals surface area contributed by atoms with Crippen LogP contribution < -0.4 is 10.6 Å². The predicted octanol–water partition coefficient (Wildman–Crippen LogP) is 2.26.